The van der Waals surface area contributed by atoms with Crippen LogP contribution in [0.3, 0.4) is 0 Å². The molecule has 0 amide bonds. The lowest BCUT2D eigenvalue weighted by Gasteiger charge is -2.18. The topological polar surface area (TPSA) is 72.8 Å². The minimum absolute atomic E-state index is 0.160. The van der Waals surface area contributed by atoms with Crippen molar-refractivity contribution in [3.63, 3.8) is 0 Å². The van der Waals surface area contributed by atoms with Gasteiger partial charge in [-0.25, -0.2) is 0 Å². The molecule has 0 spiro atoms. The molecule has 1 N–H and O–H groups in total. The van der Waals surface area contributed by atoms with E-state index in [0.29, 0.717) is 16.0 Å². The predicted octanol–water partition coefficient (Wildman–Crippen LogP) is 3.52. The molecule has 0 aliphatic carbocycles. The summed E-state index contributed by atoms with van der Waals surface area (Å²) < 4.78 is 2.09. The van der Waals surface area contributed by atoms with Crippen molar-refractivity contribution in [2.75, 3.05) is 10.8 Å². The number of aromatic nitrogens is 2. The molecule has 5 nitrogen and oxygen atoms in total. The summed E-state index contributed by atoms with van der Waals surface area (Å²) >= 11 is 7.82. The Morgan fingerprint density at radius 1 is 1.42 bits per heavy atom. The number of hydrogen-bond donors (Lipinski definition) is 1. The third-order valence-corrected chi connectivity index (χ3v) is 5.38. The SMILES string of the molecule is N#Cc1cnc2c(c1)N(Sc1cccc3c(=O)[nH]cc(Cl)c13)CC2. The van der Waals surface area contributed by atoms with Crippen LogP contribution in [0.15, 0.2) is 46.3 Å². The van der Waals surface area contributed by atoms with Gasteiger partial charge in [0.25, 0.3) is 5.56 Å². The van der Waals surface area contributed by atoms with E-state index in [1.54, 1.807) is 12.3 Å². The van der Waals surface area contributed by atoms with Gasteiger partial charge in [-0.05, 0) is 30.1 Å². The standard InChI is InChI=1S/C17H11ClN4OS/c18-12-9-21-17(23)11-2-1-3-15(16(11)12)24-22-5-4-13-14(22)6-10(7-19)8-20-13/h1-3,6,8-9H,4-5H2,(H,21,23). The Balaban J connectivity index is 1.79. The maximum absolute atomic E-state index is 12.0. The quantitative estimate of drug-likeness (QED) is 0.713. The van der Waals surface area contributed by atoms with E-state index >= 15 is 0 Å². The molecular formula is C17H11ClN4OS. The number of benzene rings is 1. The number of nitrogens with one attached hydrogen (secondary N) is 1. The summed E-state index contributed by atoms with van der Waals surface area (Å²) in [6.45, 7) is 0.791. The monoisotopic (exact) mass is 354 g/mol. The van der Waals surface area contributed by atoms with Gasteiger partial charge < -0.3 is 9.29 Å². The second kappa shape index (κ2) is 5.86. The Hall–Kier alpha value is -2.49. The number of anilines is 1. The number of H-pyrrole nitrogens is 1. The van der Waals surface area contributed by atoms with Crippen LogP contribution < -0.4 is 9.86 Å². The second-order valence-electron chi connectivity index (χ2n) is 5.39. The number of fused-ring (bicyclic) bond motifs is 2. The van der Waals surface area contributed by atoms with E-state index < -0.39 is 0 Å². The molecule has 0 saturated heterocycles. The van der Waals surface area contributed by atoms with Gasteiger partial charge in [0.05, 0.1) is 22.0 Å². The fraction of sp³-hybridized carbons (Fsp3) is 0.118. The molecule has 1 aromatic carbocycles. The summed E-state index contributed by atoms with van der Waals surface area (Å²) in [5.41, 5.74) is 2.29. The molecule has 3 heterocycles. The van der Waals surface area contributed by atoms with Crippen molar-refractivity contribution in [3.05, 3.63) is 63.3 Å². The molecule has 0 radical (unpaired) electrons. The lowest BCUT2D eigenvalue weighted by molar-refractivity contribution is 1.01. The van der Waals surface area contributed by atoms with Crippen LogP contribution >= 0.6 is 23.5 Å². The van der Waals surface area contributed by atoms with Gasteiger partial charge in [-0.2, -0.15) is 5.26 Å². The Bertz CT molecular complexity index is 1060. The minimum Gasteiger partial charge on any atom is -0.327 e. The molecule has 1 aliphatic heterocycles. The van der Waals surface area contributed by atoms with E-state index in [0.717, 1.165) is 34.6 Å². The van der Waals surface area contributed by atoms with Crippen LogP contribution in [0.5, 0.6) is 0 Å². The van der Waals surface area contributed by atoms with Crippen molar-refractivity contribution in [2.24, 2.45) is 0 Å². The van der Waals surface area contributed by atoms with Crippen LogP contribution in [0, 0.1) is 11.3 Å². The highest BCUT2D eigenvalue weighted by atomic mass is 35.5. The maximum atomic E-state index is 12.0. The Morgan fingerprint density at radius 2 is 2.29 bits per heavy atom. The van der Waals surface area contributed by atoms with Gasteiger partial charge in [-0.1, -0.05) is 17.7 Å². The van der Waals surface area contributed by atoms with E-state index in [4.69, 9.17) is 16.9 Å². The van der Waals surface area contributed by atoms with Crippen molar-refractivity contribution < 1.29 is 0 Å². The lowest BCUT2D eigenvalue weighted by atomic mass is 10.2. The smallest absolute Gasteiger partial charge is 0.255 e. The first kappa shape index (κ1) is 15.1. The zero-order chi connectivity index (χ0) is 16.7. The fourth-order valence-electron chi connectivity index (χ4n) is 2.81. The first-order chi connectivity index (χ1) is 11.7. The van der Waals surface area contributed by atoms with Crippen LogP contribution in [-0.4, -0.2) is 16.5 Å². The summed E-state index contributed by atoms with van der Waals surface area (Å²) in [5.74, 6) is 0. The summed E-state index contributed by atoms with van der Waals surface area (Å²) in [7, 11) is 0. The highest BCUT2D eigenvalue weighted by Gasteiger charge is 2.23. The van der Waals surface area contributed by atoms with Crippen molar-refractivity contribution in [2.45, 2.75) is 11.3 Å². The molecule has 118 valence electrons. The van der Waals surface area contributed by atoms with Crippen LogP contribution in [0.1, 0.15) is 11.3 Å². The molecule has 24 heavy (non-hydrogen) atoms. The second-order valence-corrected chi connectivity index (χ2v) is 6.86. The molecule has 7 heteroatoms. The summed E-state index contributed by atoms with van der Waals surface area (Å²) in [5, 5.41) is 10.9. The van der Waals surface area contributed by atoms with Crippen molar-refractivity contribution in [3.8, 4) is 6.07 Å². The first-order valence-electron chi connectivity index (χ1n) is 7.32. The Labute approximate surface area is 147 Å². The van der Waals surface area contributed by atoms with Gasteiger partial charge in [-0.15, -0.1) is 0 Å². The van der Waals surface area contributed by atoms with Gasteiger partial charge in [0.2, 0.25) is 0 Å². The Morgan fingerprint density at radius 3 is 3.12 bits per heavy atom. The van der Waals surface area contributed by atoms with Gasteiger partial charge >= 0.3 is 0 Å². The summed E-state index contributed by atoms with van der Waals surface area (Å²) in [4.78, 5) is 19.9. The highest BCUT2D eigenvalue weighted by molar-refractivity contribution is 8.00. The number of nitriles is 1. The number of hydrogen-bond acceptors (Lipinski definition) is 5. The van der Waals surface area contributed by atoms with Gasteiger partial charge in [-0.3, -0.25) is 9.78 Å². The van der Waals surface area contributed by atoms with E-state index in [-0.39, 0.29) is 5.56 Å². The van der Waals surface area contributed by atoms with Crippen LogP contribution in [0.25, 0.3) is 10.8 Å². The molecular weight excluding hydrogens is 344 g/mol. The van der Waals surface area contributed by atoms with E-state index in [1.807, 2.05) is 18.2 Å². The normalized spacial score (nSPS) is 13.1. The minimum atomic E-state index is -0.160. The summed E-state index contributed by atoms with van der Waals surface area (Å²) in [6, 6.07) is 9.52. The molecule has 3 aromatic rings. The summed E-state index contributed by atoms with van der Waals surface area (Å²) in [6.07, 6.45) is 3.94. The average molecular weight is 355 g/mol. The maximum Gasteiger partial charge on any atom is 0.255 e. The lowest BCUT2D eigenvalue weighted by Crippen LogP contribution is -2.11. The van der Waals surface area contributed by atoms with Crippen molar-refractivity contribution in [1.29, 1.82) is 5.26 Å². The average Bonchev–Trinajstić information content (AvgIpc) is 3.00. The zero-order valence-electron chi connectivity index (χ0n) is 12.4. The predicted molar refractivity (Wildman–Crippen MR) is 95.4 cm³/mol. The number of aromatic amines is 1. The molecule has 0 saturated carbocycles. The molecule has 1 aliphatic rings. The van der Waals surface area contributed by atoms with Gasteiger partial charge in [0.1, 0.15) is 6.07 Å². The number of rotatable bonds is 2. The Kier molecular flexibility index (Phi) is 3.68. The molecule has 0 bridgehead atoms. The largest absolute Gasteiger partial charge is 0.327 e. The van der Waals surface area contributed by atoms with E-state index in [9.17, 15) is 4.79 Å². The highest BCUT2D eigenvalue weighted by Crippen LogP contribution is 2.39. The zero-order valence-corrected chi connectivity index (χ0v) is 14.0. The third-order valence-electron chi connectivity index (χ3n) is 3.95. The number of nitrogens with zero attached hydrogens (tertiary/aromatic N) is 3. The fourth-order valence-corrected chi connectivity index (χ4v) is 4.26. The van der Waals surface area contributed by atoms with Gasteiger partial charge in [0.15, 0.2) is 0 Å². The molecule has 0 atom stereocenters. The van der Waals surface area contributed by atoms with Crippen LogP contribution in [-0.2, 0) is 6.42 Å². The third kappa shape index (κ3) is 2.42. The number of halogens is 1. The van der Waals surface area contributed by atoms with E-state index in [2.05, 4.69) is 20.3 Å². The van der Waals surface area contributed by atoms with Crippen molar-refractivity contribution >= 4 is 40.0 Å². The van der Waals surface area contributed by atoms with Crippen LogP contribution in [0.2, 0.25) is 5.02 Å². The first-order valence-corrected chi connectivity index (χ1v) is 8.47. The van der Waals surface area contributed by atoms with Gasteiger partial charge in [0, 0.05) is 41.0 Å². The molecule has 0 unspecified atom stereocenters. The van der Waals surface area contributed by atoms with Crippen molar-refractivity contribution in [1.82, 2.24) is 9.97 Å². The molecule has 2 aromatic heterocycles. The number of pyridine rings is 2. The molecule has 4 rings (SSSR count). The molecule has 0 fully saturated rings. The van der Waals surface area contributed by atoms with E-state index in [1.165, 1.54) is 18.1 Å². The van der Waals surface area contributed by atoms with Crippen LogP contribution in [0.4, 0.5) is 5.69 Å².